The zero-order chi connectivity index (χ0) is 9.68. The fourth-order valence-corrected chi connectivity index (χ4v) is 0.793. The number of nitrogens with zero attached hydrogens (tertiary/aromatic N) is 2. The van der Waals surface area contributed by atoms with E-state index in [9.17, 15) is 4.79 Å². The summed E-state index contributed by atoms with van der Waals surface area (Å²) in [5.74, 6) is -0.333. The Morgan fingerprint density at radius 1 is 1.62 bits per heavy atom. The number of hydrogen-bond acceptors (Lipinski definition) is 3. The third-order valence-electron chi connectivity index (χ3n) is 1.22. The number of nitrogens with one attached hydrogen (secondary N) is 1. The average molecular weight is 178 g/mol. The number of aromatic amines is 1. The molecular weight excluding hydrogens is 168 g/mol. The summed E-state index contributed by atoms with van der Waals surface area (Å²) in [4.78, 5) is 20.0. The molecule has 68 valence electrons. The van der Waals surface area contributed by atoms with Gasteiger partial charge in [-0.3, -0.25) is 4.79 Å². The Kier molecular flexibility index (Phi) is 2.97. The molecule has 5 heteroatoms. The lowest BCUT2D eigenvalue weighted by Gasteiger charge is -1.81. The van der Waals surface area contributed by atoms with Gasteiger partial charge in [0.05, 0.1) is 0 Å². The van der Waals surface area contributed by atoms with Crippen LogP contribution in [0.5, 0.6) is 0 Å². The lowest BCUT2D eigenvalue weighted by molar-refractivity contribution is -0.115. The van der Waals surface area contributed by atoms with Crippen LogP contribution in [0.4, 0.5) is 0 Å². The van der Waals surface area contributed by atoms with Gasteiger partial charge in [0.15, 0.2) is 0 Å². The minimum atomic E-state index is -0.333. The molecule has 0 atom stereocenters. The number of rotatable bonds is 0. The lowest BCUT2D eigenvalue weighted by atomic mass is 10.4. The number of aromatic nitrogens is 3. The molecule has 1 amide bonds. The van der Waals surface area contributed by atoms with Gasteiger partial charge in [0.2, 0.25) is 5.91 Å². The second kappa shape index (κ2) is 4.20. The predicted molar refractivity (Wildman–Crippen MR) is 48.8 cm³/mol. The van der Waals surface area contributed by atoms with E-state index in [2.05, 4.69) is 20.7 Å². The van der Waals surface area contributed by atoms with Crippen molar-refractivity contribution >= 4 is 16.9 Å². The Hall–Kier alpha value is -1.91. The summed E-state index contributed by atoms with van der Waals surface area (Å²) in [6.45, 7) is 1.31. The maximum atomic E-state index is 9.22. The van der Waals surface area contributed by atoms with Crippen LogP contribution in [0, 0.1) is 0 Å². The number of fused-ring (bicyclic) bond motifs is 1. The molecule has 0 aromatic carbocycles. The zero-order valence-corrected chi connectivity index (χ0v) is 7.19. The molecule has 0 aliphatic rings. The van der Waals surface area contributed by atoms with Crippen molar-refractivity contribution in [2.24, 2.45) is 5.73 Å². The number of amides is 1. The number of hydrogen-bond donors (Lipinski definition) is 2. The van der Waals surface area contributed by atoms with Crippen molar-refractivity contribution in [2.45, 2.75) is 6.92 Å². The molecule has 0 fully saturated rings. The van der Waals surface area contributed by atoms with Crippen molar-refractivity contribution in [3.05, 3.63) is 24.8 Å². The summed E-state index contributed by atoms with van der Waals surface area (Å²) < 4.78 is 0. The SMILES string of the molecule is CC(N)=O.c1ncc2cc[nH]c2n1. The van der Waals surface area contributed by atoms with E-state index in [0.717, 1.165) is 11.0 Å². The molecule has 5 nitrogen and oxygen atoms in total. The Bertz CT molecular complexity index is 361. The van der Waals surface area contributed by atoms with Gasteiger partial charge < -0.3 is 10.7 Å². The van der Waals surface area contributed by atoms with Gasteiger partial charge in [-0.15, -0.1) is 0 Å². The second-order valence-electron chi connectivity index (χ2n) is 2.42. The van der Waals surface area contributed by atoms with E-state index in [1.807, 2.05) is 12.3 Å². The molecule has 0 unspecified atom stereocenters. The summed E-state index contributed by atoms with van der Waals surface area (Å²) in [5, 5.41) is 1.05. The van der Waals surface area contributed by atoms with Gasteiger partial charge in [-0.25, -0.2) is 9.97 Å². The quantitative estimate of drug-likeness (QED) is 0.614. The van der Waals surface area contributed by atoms with Gasteiger partial charge in [0.25, 0.3) is 0 Å². The summed E-state index contributed by atoms with van der Waals surface area (Å²) in [6.07, 6.45) is 5.15. The highest BCUT2D eigenvalue weighted by molar-refractivity contribution is 5.73. The monoisotopic (exact) mass is 178 g/mol. The summed E-state index contributed by atoms with van der Waals surface area (Å²) in [5.41, 5.74) is 5.37. The van der Waals surface area contributed by atoms with Crippen LogP contribution >= 0.6 is 0 Å². The zero-order valence-electron chi connectivity index (χ0n) is 7.19. The maximum Gasteiger partial charge on any atom is 0.214 e. The summed E-state index contributed by atoms with van der Waals surface area (Å²) in [7, 11) is 0. The number of carbonyl (C=O) groups is 1. The van der Waals surface area contributed by atoms with Crippen LogP contribution in [-0.4, -0.2) is 20.9 Å². The molecular formula is C8H10N4O. The molecule has 2 rings (SSSR count). The molecule has 0 radical (unpaired) electrons. The first-order valence-corrected chi connectivity index (χ1v) is 3.69. The minimum absolute atomic E-state index is 0.333. The van der Waals surface area contributed by atoms with Gasteiger partial charge in [0.1, 0.15) is 12.0 Å². The van der Waals surface area contributed by atoms with Crippen molar-refractivity contribution in [1.82, 2.24) is 15.0 Å². The van der Waals surface area contributed by atoms with Crippen molar-refractivity contribution in [3.8, 4) is 0 Å². The van der Waals surface area contributed by atoms with E-state index in [1.54, 1.807) is 6.20 Å². The van der Waals surface area contributed by atoms with Crippen LogP contribution in [-0.2, 0) is 4.79 Å². The van der Waals surface area contributed by atoms with Crippen LogP contribution in [0.2, 0.25) is 0 Å². The lowest BCUT2D eigenvalue weighted by Crippen LogP contribution is -2.01. The first kappa shape index (κ1) is 9.18. The number of primary amides is 1. The summed E-state index contributed by atoms with van der Waals surface area (Å²) >= 11 is 0. The third kappa shape index (κ3) is 2.90. The van der Waals surface area contributed by atoms with Crippen molar-refractivity contribution in [1.29, 1.82) is 0 Å². The van der Waals surface area contributed by atoms with Crippen LogP contribution in [0.15, 0.2) is 24.8 Å². The molecule has 0 aliphatic heterocycles. The predicted octanol–water partition coefficient (Wildman–Crippen LogP) is 0.449. The van der Waals surface area contributed by atoms with Crippen molar-refractivity contribution < 1.29 is 4.79 Å². The first-order valence-electron chi connectivity index (χ1n) is 3.69. The Labute approximate surface area is 75.0 Å². The normalized spacial score (nSPS) is 9.00. The van der Waals surface area contributed by atoms with E-state index in [1.165, 1.54) is 13.3 Å². The van der Waals surface area contributed by atoms with E-state index in [-0.39, 0.29) is 5.91 Å². The van der Waals surface area contributed by atoms with Crippen LogP contribution in [0.3, 0.4) is 0 Å². The maximum absolute atomic E-state index is 9.22. The summed E-state index contributed by atoms with van der Waals surface area (Å²) in [6, 6.07) is 1.94. The topological polar surface area (TPSA) is 84.7 Å². The van der Waals surface area contributed by atoms with Gasteiger partial charge in [-0.1, -0.05) is 0 Å². The third-order valence-corrected chi connectivity index (χ3v) is 1.22. The Morgan fingerprint density at radius 3 is 2.92 bits per heavy atom. The largest absolute Gasteiger partial charge is 0.370 e. The fourth-order valence-electron chi connectivity index (χ4n) is 0.793. The van der Waals surface area contributed by atoms with E-state index in [4.69, 9.17) is 0 Å². The Morgan fingerprint density at radius 2 is 2.31 bits per heavy atom. The number of nitrogens with two attached hydrogens (primary N) is 1. The molecule has 2 heterocycles. The number of carbonyl (C=O) groups excluding carboxylic acids is 1. The molecule has 13 heavy (non-hydrogen) atoms. The highest BCUT2D eigenvalue weighted by Gasteiger charge is 1.89. The molecule has 0 saturated carbocycles. The van der Waals surface area contributed by atoms with E-state index in [0.29, 0.717) is 0 Å². The average Bonchev–Trinajstić information content (AvgIpc) is 2.49. The standard InChI is InChI=1S/C6H5N3.C2H5NO/c1-2-8-6-5(1)3-7-4-9-6;1-2(3)4/h1-4H,(H,7,8,9);1H3,(H2,3,4). The van der Waals surface area contributed by atoms with Crippen LogP contribution in [0.25, 0.3) is 11.0 Å². The molecule has 0 aliphatic carbocycles. The fraction of sp³-hybridized carbons (Fsp3) is 0.125. The number of H-pyrrole nitrogens is 1. The van der Waals surface area contributed by atoms with Crippen LogP contribution < -0.4 is 5.73 Å². The van der Waals surface area contributed by atoms with Crippen molar-refractivity contribution in [3.63, 3.8) is 0 Å². The smallest absolute Gasteiger partial charge is 0.214 e. The Balaban J connectivity index is 0.000000184. The van der Waals surface area contributed by atoms with Gasteiger partial charge in [0, 0.05) is 24.7 Å². The highest BCUT2D eigenvalue weighted by atomic mass is 16.1. The molecule has 3 N–H and O–H groups in total. The second-order valence-corrected chi connectivity index (χ2v) is 2.42. The van der Waals surface area contributed by atoms with Gasteiger partial charge in [-0.2, -0.15) is 0 Å². The molecule has 0 bridgehead atoms. The minimum Gasteiger partial charge on any atom is -0.370 e. The molecule has 0 saturated heterocycles. The van der Waals surface area contributed by atoms with E-state index >= 15 is 0 Å². The van der Waals surface area contributed by atoms with Gasteiger partial charge in [-0.05, 0) is 6.07 Å². The first-order chi connectivity index (χ1) is 6.20. The molecule has 2 aromatic heterocycles. The molecule has 0 spiro atoms. The molecule has 2 aromatic rings. The van der Waals surface area contributed by atoms with Crippen molar-refractivity contribution in [2.75, 3.05) is 0 Å². The van der Waals surface area contributed by atoms with Gasteiger partial charge >= 0.3 is 0 Å². The van der Waals surface area contributed by atoms with E-state index < -0.39 is 0 Å². The highest BCUT2D eigenvalue weighted by Crippen LogP contribution is 2.03. The van der Waals surface area contributed by atoms with Crippen LogP contribution in [0.1, 0.15) is 6.92 Å².